The van der Waals surface area contributed by atoms with Gasteiger partial charge in [-0.15, -0.1) is 0 Å². The summed E-state index contributed by atoms with van der Waals surface area (Å²) in [5.41, 5.74) is 0. The molecule has 1 aliphatic rings. The van der Waals surface area contributed by atoms with Gasteiger partial charge in [-0.3, -0.25) is 9.59 Å². The second-order valence-corrected chi connectivity index (χ2v) is 24.9. The fraction of sp³-hybridized carbons (Fsp3) is 0.700. The van der Waals surface area contributed by atoms with Crippen molar-refractivity contribution in [3.05, 3.63) is 134 Å². The van der Waals surface area contributed by atoms with Crippen LogP contribution in [0.15, 0.2) is 134 Å². The lowest BCUT2D eigenvalue weighted by Crippen LogP contribution is -2.61. The first-order valence-electron chi connectivity index (χ1n) is 37.0. The third kappa shape index (κ3) is 52.8. The Hall–Kier alpha value is -4.20. The Kier molecular flexibility index (Phi) is 61.4. The molecule has 0 aromatic carbocycles. The summed E-state index contributed by atoms with van der Waals surface area (Å²) in [7, 11) is 0. The van der Waals surface area contributed by atoms with Gasteiger partial charge in [-0.05, 0) is 122 Å². The van der Waals surface area contributed by atoms with E-state index in [0.717, 1.165) is 148 Å². The molecule has 8 atom stereocenters. The topological polar surface area (TPSA) is 175 Å². The molecule has 1 rings (SSSR count). The largest absolute Gasteiger partial charge is 0.454 e. The van der Waals surface area contributed by atoms with Gasteiger partial charge < -0.3 is 45.1 Å². The zero-order chi connectivity index (χ0) is 66.0. The molecule has 91 heavy (non-hydrogen) atoms. The Balaban J connectivity index is 2.59. The van der Waals surface area contributed by atoms with Crippen LogP contribution in [0.25, 0.3) is 0 Å². The highest BCUT2D eigenvalue weighted by Crippen LogP contribution is 2.26. The van der Waals surface area contributed by atoms with E-state index in [-0.39, 0.29) is 19.4 Å². The van der Waals surface area contributed by atoms with Crippen LogP contribution in [0.2, 0.25) is 0 Å². The summed E-state index contributed by atoms with van der Waals surface area (Å²) < 4.78 is 17.7. The SMILES string of the molecule is CC/C=C\C/C=C\C/C=C\C/C=C\C/C=C\C/C=C\CCCCCCCCCCC(=O)OC1C(OCC(NC(=O)C(O)CCCCCCCC/C=C\C/C=C\C/C=C\C/C=C\CCCCC)C(O)/C=C/CCCCCCCCCCCCC)OC(CO)C(O)C1O. The average molecular weight is 1270 g/mol. The Morgan fingerprint density at radius 3 is 1.21 bits per heavy atom. The summed E-state index contributed by atoms with van der Waals surface area (Å²) in [6.07, 6.45) is 83.3. The molecule has 11 nitrogen and oxygen atoms in total. The third-order valence-electron chi connectivity index (χ3n) is 16.5. The molecule has 6 N–H and O–H groups in total. The Morgan fingerprint density at radius 1 is 0.440 bits per heavy atom. The van der Waals surface area contributed by atoms with Crippen LogP contribution in [0.4, 0.5) is 0 Å². The number of amides is 1. The van der Waals surface area contributed by atoms with Gasteiger partial charge in [0, 0.05) is 6.42 Å². The predicted octanol–water partition coefficient (Wildman–Crippen LogP) is 19.5. The van der Waals surface area contributed by atoms with Crippen molar-refractivity contribution in [2.75, 3.05) is 13.2 Å². The molecule has 0 radical (unpaired) electrons. The van der Waals surface area contributed by atoms with E-state index in [0.29, 0.717) is 12.8 Å². The number of esters is 1. The number of carbonyl (C=O) groups is 2. The zero-order valence-electron chi connectivity index (χ0n) is 57.9. The van der Waals surface area contributed by atoms with Gasteiger partial charge >= 0.3 is 5.97 Å². The molecular weight excluding hydrogens is 1130 g/mol. The molecule has 0 aliphatic carbocycles. The highest BCUT2D eigenvalue weighted by atomic mass is 16.7. The maximum absolute atomic E-state index is 13.5. The Morgan fingerprint density at radius 2 is 0.791 bits per heavy atom. The van der Waals surface area contributed by atoms with Gasteiger partial charge in [0.15, 0.2) is 12.4 Å². The Bertz CT molecular complexity index is 2000. The number of rotatable bonds is 62. The number of allylic oxidation sites excluding steroid dienone is 21. The molecule has 1 amide bonds. The lowest BCUT2D eigenvalue weighted by molar-refractivity contribution is -0.305. The average Bonchev–Trinajstić information content (AvgIpc) is 1.11. The van der Waals surface area contributed by atoms with E-state index in [2.05, 4.69) is 148 Å². The molecule has 1 fully saturated rings. The molecule has 1 aliphatic heterocycles. The minimum Gasteiger partial charge on any atom is -0.454 e. The van der Waals surface area contributed by atoms with E-state index < -0.39 is 67.4 Å². The van der Waals surface area contributed by atoms with E-state index >= 15 is 0 Å². The first kappa shape index (κ1) is 84.8. The minimum absolute atomic E-state index is 0.105. The molecule has 1 saturated heterocycles. The van der Waals surface area contributed by atoms with Crippen molar-refractivity contribution in [2.45, 2.75) is 346 Å². The fourth-order valence-electron chi connectivity index (χ4n) is 10.8. The van der Waals surface area contributed by atoms with Gasteiger partial charge in [-0.1, -0.05) is 302 Å². The summed E-state index contributed by atoms with van der Waals surface area (Å²) in [5.74, 6) is -1.22. The molecule has 0 bridgehead atoms. The minimum atomic E-state index is -1.63. The molecule has 0 saturated carbocycles. The summed E-state index contributed by atoms with van der Waals surface area (Å²) >= 11 is 0. The zero-order valence-corrected chi connectivity index (χ0v) is 57.9. The second-order valence-electron chi connectivity index (χ2n) is 24.9. The molecule has 11 heteroatoms. The number of aliphatic hydroxyl groups excluding tert-OH is 5. The summed E-state index contributed by atoms with van der Waals surface area (Å²) in [6, 6.07) is -1.04. The molecule has 1 heterocycles. The van der Waals surface area contributed by atoms with Gasteiger partial charge in [0.05, 0.1) is 25.4 Å². The summed E-state index contributed by atoms with van der Waals surface area (Å²) in [6.45, 7) is 5.66. The maximum Gasteiger partial charge on any atom is 0.306 e. The van der Waals surface area contributed by atoms with E-state index in [4.69, 9.17) is 14.2 Å². The molecule has 0 aromatic heterocycles. The van der Waals surface area contributed by atoms with E-state index in [1.807, 2.05) is 6.08 Å². The number of hydrogen-bond acceptors (Lipinski definition) is 10. The van der Waals surface area contributed by atoms with Crippen molar-refractivity contribution in [1.82, 2.24) is 5.32 Å². The molecule has 0 aromatic rings. The van der Waals surface area contributed by atoms with Gasteiger partial charge in [-0.25, -0.2) is 0 Å². The molecule has 0 spiro atoms. The summed E-state index contributed by atoms with van der Waals surface area (Å²) in [4.78, 5) is 26.7. The van der Waals surface area contributed by atoms with Crippen LogP contribution in [-0.4, -0.2) is 99.6 Å². The van der Waals surface area contributed by atoms with Crippen LogP contribution < -0.4 is 5.32 Å². The monoisotopic (exact) mass is 1270 g/mol. The quantitative estimate of drug-likeness (QED) is 0.0195. The number of aliphatic hydroxyl groups is 5. The first-order chi connectivity index (χ1) is 44.7. The van der Waals surface area contributed by atoms with Gasteiger partial charge in [-0.2, -0.15) is 0 Å². The van der Waals surface area contributed by atoms with Crippen LogP contribution in [0.5, 0.6) is 0 Å². The van der Waals surface area contributed by atoms with Crippen LogP contribution in [0, 0.1) is 0 Å². The van der Waals surface area contributed by atoms with Crippen molar-refractivity contribution in [3.8, 4) is 0 Å². The fourth-order valence-corrected chi connectivity index (χ4v) is 10.8. The standard InChI is InChI=1S/C80H135NO10/c1-4-7-10-13-16-19-22-25-27-29-31-33-35-36-37-38-39-41-43-45-47-50-53-56-59-62-65-68-75(85)91-78-77(87)76(86)74(69-82)90-80(78)89-70-71(72(83)66-63-60-57-54-51-48-24-21-18-15-12-9-6-3)81-79(88)73(84)67-64-61-58-55-52-49-46-44-42-40-34-32-30-28-26-23-20-17-14-11-8-5-2/h7,10,16-17,19-20,25-28,31-34,36-37,39,41-42,44,63,66,71-74,76-78,80,82-84,86-87H,4-6,8-9,11-15,18,21-24,29-30,35,38,40,43,45-62,64-65,67-70H2,1-3H3,(H,81,88)/b10-7-,19-16-,20-17-,27-25-,28-26-,33-31-,34-32-,37-36-,41-39-,44-42-,66-63+. The number of ether oxygens (including phenoxy) is 3. The van der Waals surface area contributed by atoms with Crippen molar-refractivity contribution < 1.29 is 49.3 Å². The van der Waals surface area contributed by atoms with E-state index in [9.17, 15) is 35.1 Å². The molecule has 8 unspecified atom stereocenters. The lowest BCUT2D eigenvalue weighted by Gasteiger charge is -2.41. The highest BCUT2D eigenvalue weighted by molar-refractivity contribution is 5.80. The lowest BCUT2D eigenvalue weighted by atomic mass is 9.99. The second kappa shape index (κ2) is 65.8. The molecule has 520 valence electrons. The van der Waals surface area contributed by atoms with Crippen molar-refractivity contribution >= 4 is 11.9 Å². The smallest absolute Gasteiger partial charge is 0.306 e. The number of unbranched alkanes of at least 4 members (excludes halogenated alkanes) is 28. The Labute approximate surface area is 556 Å². The maximum atomic E-state index is 13.5. The summed E-state index contributed by atoms with van der Waals surface area (Å²) in [5, 5.41) is 57.3. The molecular formula is C80H135NO10. The van der Waals surface area contributed by atoms with Crippen LogP contribution in [-0.2, 0) is 23.8 Å². The van der Waals surface area contributed by atoms with Crippen LogP contribution in [0.1, 0.15) is 297 Å². The number of hydrogen-bond donors (Lipinski definition) is 6. The van der Waals surface area contributed by atoms with Gasteiger partial charge in [0.2, 0.25) is 5.91 Å². The van der Waals surface area contributed by atoms with Gasteiger partial charge in [0.25, 0.3) is 0 Å². The highest BCUT2D eigenvalue weighted by Gasteiger charge is 2.47. The number of nitrogens with one attached hydrogen (secondary N) is 1. The number of carbonyl (C=O) groups excluding carboxylic acids is 2. The van der Waals surface area contributed by atoms with Crippen LogP contribution >= 0.6 is 0 Å². The predicted molar refractivity (Wildman–Crippen MR) is 384 cm³/mol. The van der Waals surface area contributed by atoms with Crippen molar-refractivity contribution in [3.63, 3.8) is 0 Å². The van der Waals surface area contributed by atoms with Crippen molar-refractivity contribution in [2.24, 2.45) is 0 Å². The van der Waals surface area contributed by atoms with Gasteiger partial charge in [0.1, 0.15) is 24.4 Å². The first-order valence-corrected chi connectivity index (χ1v) is 37.0. The van der Waals surface area contributed by atoms with Crippen molar-refractivity contribution in [1.29, 1.82) is 0 Å². The van der Waals surface area contributed by atoms with Crippen LogP contribution in [0.3, 0.4) is 0 Å². The third-order valence-corrected chi connectivity index (χ3v) is 16.5. The van der Waals surface area contributed by atoms with E-state index in [1.54, 1.807) is 6.08 Å². The normalized spacial score (nSPS) is 18.8. The van der Waals surface area contributed by atoms with E-state index in [1.165, 1.54) is 103 Å².